The molecule has 2 aromatic carbocycles. The summed E-state index contributed by atoms with van der Waals surface area (Å²) in [6, 6.07) is 12.1. The first-order valence-electron chi connectivity index (χ1n) is 10.2. The number of aromatic hydroxyl groups is 1. The van der Waals surface area contributed by atoms with Crippen molar-refractivity contribution in [2.24, 2.45) is 11.7 Å². The highest BCUT2D eigenvalue weighted by atomic mass is 35.5. The molecule has 1 saturated heterocycles. The zero-order valence-corrected chi connectivity index (χ0v) is 17.2. The van der Waals surface area contributed by atoms with Gasteiger partial charge in [0.25, 0.3) is 0 Å². The highest BCUT2D eigenvalue weighted by Crippen LogP contribution is 2.40. The Labute approximate surface area is 172 Å². The molecule has 0 spiro atoms. The van der Waals surface area contributed by atoms with Gasteiger partial charge in [0, 0.05) is 30.1 Å². The van der Waals surface area contributed by atoms with E-state index in [0.717, 1.165) is 60.6 Å². The number of likely N-dealkylation sites (tertiary alicyclic amines) is 1. The summed E-state index contributed by atoms with van der Waals surface area (Å²) in [5.41, 5.74) is 10.2. The number of piperidine rings is 1. The van der Waals surface area contributed by atoms with E-state index in [1.807, 2.05) is 31.2 Å². The first-order valence-corrected chi connectivity index (χ1v) is 10.6. The fraction of sp³-hybridized carbons (Fsp3) is 0.478. The van der Waals surface area contributed by atoms with Crippen LogP contribution < -0.4 is 5.73 Å². The normalized spacial score (nSPS) is 23.5. The Morgan fingerprint density at radius 3 is 2.64 bits per heavy atom. The maximum Gasteiger partial charge on any atom is 0.122 e. The maximum atomic E-state index is 10.6. The number of fused-ring (bicyclic) bond motifs is 1. The minimum atomic E-state index is -0.124. The van der Waals surface area contributed by atoms with Gasteiger partial charge in [-0.15, -0.1) is 0 Å². The number of hydrogen-bond acceptors (Lipinski definition) is 4. The first-order chi connectivity index (χ1) is 13.6. The van der Waals surface area contributed by atoms with Crippen molar-refractivity contribution in [3.8, 4) is 5.75 Å². The Bertz CT molecular complexity index is 833. The van der Waals surface area contributed by atoms with Gasteiger partial charge in [0.2, 0.25) is 0 Å². The van der Waals surface area contributed by atoms with Crippen molar-refractivity contribution >= 4 is 11.6 Å². The second-order valence-electron chi connectivity index (χ2n) is 8.11. The molecule has 28 heavy (non-hydrogen) atoms. The van der Waals surface area contributed by atoms with E-state index < -0.39 is 0 Å². The zero-order valence-electron chi connectivity index (χ0n) is 16.4. The standard InChI is InChI=1S/C23H29ClN2O2/c1-15-6-7-18-19(23(15)27)12-21(28-22(18)13-25)16-8-10-26(11-9-16)14-17-4-2-3-5-20(17)24/h2-7,16,21-22,27H,8-14,25H2,1H3/t21-,22-/m0/s1. The van der Waals surface area contributed by atoms with E-state index in [4.69, 9.17) is 22.1 Å². The summed E-state index contributed by atoms with van der Waals surface area (Å²) in [7, 11) is 0. The Morgan fingerprint density at radius 2 is 1.93 bits per heavy atom. The number of rotatable bonds is 4. The lowest BCUT2D eigenvalue weighted by Gasteiger charge is -2.40. The molecule has 2 heterocycles. The third-order valence-corrected chi connectivity index (χ3v) is 6.70. The van der Waals surface area contributed by atoms with E-state index in [1.165, 1.54) is 5.56 Å². The molecule has 3 N–H and O–H groups in total. The van der Waals surface area contributed by atoms with Crippen LogP contribution in [0, 0.1) is 12.8 Å². The lowest BCUT2D eigenvalue weighted by molar-refractivity contribution is -0.0651. The van der Waals surface area contributed by atoms with E-state index in [2.05, 4.69) is 17.0 Å². The van der Waals surface area contributed by atoms with Gasteiger partial charge in [-0.25, -0.2) is 0 Å². The van der Waals surface area contributed by atoms with Crippen molar-refractivity contribution in [1.29, 1.82) is 0 Å². The summed E-state index contributed by atoms with van der Waals surface area (Å²) in [5, 5.41) is 11.4. The number of ether oxygens (including phenoxy) is 1. The molecule has 2 aromatic rings. The van der Waals surface area contributed by atoms with Crippen LogP contribution in [0.15, 0.2) is 36.4 Å². The van der Waals surface area contributed by atoms with Crippen LogP contribution in [0.1, 0.15) is 41.2 Å². The van der Waals surface area contributed by atoms with Crippen molar-refractivity contribution < 1.29 is 9.84 Å². The topological polar surface area (TPSA) is 58.7 Å². The second kappa shape index (κ2) is 8.42. The van der Waals surface area contributed by atoms with Crippen molar-refractivity contribution in [2.45, 2.75) is 44.9 Å². The fourth-order valence-electron chi connectivity index (χ4n) is 4.63. The average Bonchev–Trinajstić information content (AvgIpc) is 2.72. The van der Waals surface area contributed by atoms with Crippen LogP contribution in [0.5, 0.6) is 5.75 Å². The molecule has 2 atom stereocenters. The molecule has 4 rings (SSSR count). The number of hydrogen-bond donors (Lipinski definition) is 2. The van der Waals surface area contributed by atoms with E-state index in [-0.39, 0.29) is 12.2 Å². The van der Waals surface area contributed by atoms with Crippen LogP contribution >= 0.6 is 11.6 Å². The summed E-state index contributed by atoms with van der Waals surface area (Å²) in [4.78, 5) is 2.47. The van der Waals surface area contributed by atoms with Crippen LogP contribution in [0.25, 0.3) is 0 Å². The minimum absolute atomic E-state index is 0.121. The summed E-state index contributed by atoms with van der Waals surface area (Å²) in [6.45, 7) is 5.36. The van der Waals surface area contributed by atoms with E-state index in [9.17, 15) is 5.11 Å². The van der Waals surface area contributed by atoms with Gasteiger partial charge in [-0.2, -0.15) is 0 Å². The molecule has 0 radical (unpaired) electrons. The molecular formula is C23H29ClN2O2. The van der Waals surface area contributed by atoms with Gasteiger partial charge in [-0.1, -0.05) is 41.9 Å². The van der Waals surface area contributed by atoms with Crippen LogP contribution in [-0.2, 0) is 17.7 Å². The molecule has 5 heteroatoms. The second-order valence-corrected chi connectivity index (χ2v) is 8.51. The lowest BCUT2D eigenvalue weighted by Crippen LogP contribution is -2.42. The number of aryl methyl sites for hydroxylation is 1. The van der Waals surface area contributed by atoms with Crippen LogP contribution in [0.4, 0.5) is 0 Å². The van der Waals surface area contributed by atoms with Crippen LogP contribution in [0.3, 0.4) is 0 Å². The minimum Gasteiger partial charge on any atom is -0.507 e. The molecule has 0 aromatic heterocycles. The van der Waals surface area contributed by atoms with Gasteiger partial charge in [0.15, 0.2) is 0 Å². The van der Waals surface area contributed by atoms with E-state index in [1.54, 1.807) is 0 Å². The lowest BCUT2D eigenvalue weighted by atomic mass is 9.83. The Kier molecular flexibility index (Phi) is 5.93. The van der Waals surface area contributed by atoms with Crippen LogP contribution in [-0.4, -0.2) is 35.7 Å². The van der Waals surface area contributed by atoms with Crippen molar-refractivity contribution in [2.75, 3.05) is 19.6 Å². The quantitative estimate of drug-likeness (QED) is 0.807. The predicted octanol–water partition coefficient (Wildman–Crippen LogP) is 4.21. The van der Waals surface area contributed by atoms with Crippen molar-refractivity contribution in [3.63, 3.8) is 0 Å². The van der Waals surface area contributed by atoms with E-state index in [0.29, 0.717) is 18.2 Å². The molecule has 0 unspecified atom stereocenters. The molecule has 0 aliphatic carbocycles. The molecule has 150 valence electrons. The van der Waals surface area contributed by atoms with Gasteiger partial charge < -0.3 is 15.6 Å². The molecule has 4 nitrogen and oxygen atoms in total. The van der Waals surface area contributed by atoms with Gasteiger partial charge in [-0.3, -0.25) is 4.90 Å². The number of nitrogens with two attached hydrogens (primary N) is 1. The fourth-order valence-corrected chi connectivity index (χ4v) is 4.82. The van der Waals surface area contributed by atoms with Gasteiger partial charge in [-0.05, 0) is 61.5 Å². The third-order valence-electron chi connectivity index (χ3n) is 6.34. The third kappa shape index (κ3) is 3.92. The smallest absolute Gasteiger partial charge is 0.122 e. The van der Waals surface area contributed by atoms with E-state index >= 15 is 0 Å². The molecule has 2 aliphatic rings. The van der Waals surface area contributed by atoms with Crippen LogP contribution in [0.2, 0.25) is 5.02 Å². The maximum absolute atomic E-state index is 10.6. The number of nitrogens with zero attached hydrogens (tertiary/aromatic N) is 1. The first kappa shape index (κ1) is 19.7. The monoisotopic (exact) mass is 400 g/mol. The number of halogens is 1. The SMILES string of the molecule is Cc1ccc2c(c1O)C[C@@H](C1CCN(Cc3ccccc3Cl)CC1)O[C@H]2CN. The Balaban J connectivity index is 1.42. The molecule has 0 bridgehead atoms. The summed E-state index contributed by atoms with van der Waals surface area (Å²) >= 11 is 6.32. The highest BCUT2D eigenvalue weighted by Gasteiger charge is 2.35. The Hall–Kier alpha value is -1.59. The average molecular weight is 401 g/mol. The molecule has 1 fully saturated rings. The summed E-state index contributed by atoms with van der Waals surface area (Å²) < 4.78 is 6.39. The molecule has 0 amide bonds. The van der Waals surface area contributed by atoms with Gasteiger partial charge >= 0.3 is 0 Å². The highest BCUT2D eigenvalue weighted by molar-refractivity contribution is 6.31. The predicted molar refractivity (Wildman–Crippen MR) is 113 cm³/mol. The van der Waals surface area contributed by atoms with Gasteiger partial charge in [0.1, 0.15) is 5.75 Å². The Morgan fingerprint density at radius 1 is 1.18 bits per heavy atom. The molecule has 0 saturated carbocycles. The zero-order chi connectivity index (χ0) is 19.7. The molecular weight excluding hydrogens is 372 g/mol. The molecule has 2 aliphatic heterocycles. The summed E-state index contributed by atoms with van der Waals surface area (Å²) in [5.74, 6) is 0.907. The largest absolute Gasteiger partial charge is 0.507 e. The summed E-state index contributed by atoms with van der Waals surface area (Å²) in [6.07, 6.45) is 2.95. The van der Waals surface area contributed by atoms with Crippen molar-refractivity contribution in [1.82, 2.24) is 4.90 Å². The number of benzene rings is 2. The van der Waals surface area contributed by atoms with Gasteiger partial charge in [0.05, 0.1) is 12.2 Å². The number of phenols is 1. The number of phenolic OH excluding ortho intramolecular Hbond substituents is 1. The van der Waals surface area contributed by atoms with Crippen molar-refractivity contribution in [3.05, 3.63) is 63.7 Å².